The Hall–Kier alpha value is -3.25. The van der Waals surface area contributed by atoms with Gasteiger partial charge >= 0.3 is 12.2 Å². The second-order valence-electron chi connectivity index (χ2n) is 5.03. The van der Waals surface area contributed by atoms with Gasteiger partial charge in [-0.3, -0.25) is 0 Å². The van der Waals surface area contributed by atoms with E-state index in [2.05, 4.69) is 25.4 Å². The van der Waals surface area contributed by atoms with E-state index in [1.807, 2.05) is 0 Å². The van der Waals surface area contributed by atoms with Crippen LogP contribution in [0.3, 0.4) is 0 Å². The molecule has 0 saturated carbocycles. The summed E-state index contributed by atoms with van der Waals surface area (Å²) in [6.07, 6.45) is -6.38. The average Bonchev–Trinajstić information content (AvgIpc) is 3.02. The molecular formula is C14H8F6N6O. The van der Waals surface area contributed by atoms with Crippen molar-refractivity contribution in [3.63, 3.8) is 0 Å². The lowest BCUT2D eigenvalue weighted by molar-refractivity contribution is -0.138. The molecule has 3 aromatic rings. The van der Waals surface area contributed by atoms with Crippen molar-refractivity contribution in [2.24, 2.45) is 0 Å². The van der Waals surface area contributed by atoms with Crippen LogP contribution in [-0.2, 0) is 12.7 Å². The molecule has 0 aliphatic heterocycles. The molecule has 0 unspecified atom stereocenters. The van der Waals surface area contributed by atoms with E-state index in [-0.39, 0.29) is 17.1 Å². The van der Waals surface area contributed by atoms with Crippen LogP contribution in [0.4, 0.5) is 26.3 Å². The number of benzene rings is 1. The topological polar surface area (TPSA) is 78.6 Å². The van der Waals surface area contributed by atoms with E-state index in [9.17, 15) is 26.3 Å². The Morgan fingerprint density at radius 1 is 1.11 bits per heavy atom. The molecular weight excluding hydrogens is 382 g/mol. The van der Waals surface area contributed by atoms with Crippen LogP contribution in [0, 0.1) is 5.82 Å². The molecule has 0 aliphatic carbocycles. The SMILES string of the molecule is Fc1cccc(Oc2ncc(C(F)(F)F)cn2)c1-c1nnn(CC(F)F)n1. The van der Waals surface area contributed by atoms with Crippen LogP contribution >= 0.6 is 0 Å². The second kappa shape index (κ2) is 7.17. The molecule has 0 radical (unpaired) electrons. The van der Waals surface area contributed by atoms with Gasteiger partial charge in [0.05, 0.1) is 5.56 Å². The molecule has 0 bridgehead atoms. The van der Waals surface area contributed by atoms with Crippen LogP contribution in [0.5, 0.6) is 11.8 Å². The van der Waals surface area contributed by atoms with Crippen molar-refractivity contribution in [3.05, 3.63) is 42.0 Å². The quantitative estimate of drug-likeness (QED) is 0.622. The minimum atomic E-state index is -4.63. The first-order valence-electron chi connectivity index (χ1n) is 7.16. The number of ether oxygens (including phenoxy) is 1. The molecule has 0 fully saturated rings. The van der Waals surface area contributed by atoms with Gasteiger partial charge in [0.15, 0.2) is 0 Å². The Bertz CT molecular complexity index is 927. The molecule has 7 nitrogen and oxygen atoms in total. The lowest BCUT2D eigenvalue weighted by Crippen LogP contribution is -2.09. The fraction of sp³-hybridized carbons (Fsp3) is 0.214. The van der Waals surface area contributed by atoms with Gasteiger partial charge in [0, 0.05) is 12.4 Å². The number of hydrogen-bond donors (Lipinski definition) is 0. The number of halogens is 6. The Labute approximate surface area is 146 Å². The van der Waals surface area contributed by atoms with Crippen molar-refractivity contribution < 1.29 is 31.1 Å². The highest BCUT2D eigenvalue weighted by Crippen LogP contribution is 2.33. The molecule has 2 aromatic heterocycles. The highest BCUT2D eigenvalue weighted by atomic mass is 19.4. The van der Waals surface area contributed by atoms with Crippen LogP contribution in [0.1, 0.15) is 5.56 Å². The maximum Gasteiger partial charge on any atom is 0.419 e. The van der Waals surface area contributed by atoms with Crippen molar-refractivity contribution in [2.75, 3.05) is 0 Å². The van der Waals surface area contributed by atoms with E-state index >= 15 is 0 Å². The van der Waals surface area contributed by atoms with Crippen molar-refractivity contribution in [1.82, 2.24) is 30.2 Å². The first kappa shape index (κ1) is 18.5. The molecule has 27 heavy (non-hydrogen) atoms. The zero-order valence-corrected chi connectivity index (χ0v) is 13.0. The maximum absolute atomic E-state index is 14.2. The van der Waals surface area contributed by atoms with Gasteiger partial charge in [0.2, 0.25) is 5.82 Å². The Morgan fingerprint density at radius 2 is 1.81 bits per heavy atom. The lowest BCUT2D eigenvalue weighted by Gasteiger charge is -2.09. The summed E-state index contributed by atoms with van der Waals surface area (Å²) in [5.74, 6) is -1.45. The first-order valence-corrected chi connectivity index (χ1v) is 7.16. The summed E-state index contributed by atoms with van der Waals surface area (Å²) in [5.41, 5.74) is -1.42. The third kappa shape index (κ3) is 4.30. The zero-order chi connectivity index (χ0) is 19.6. The lowest BCUT2D eigenvalue weighted by atomic mass is 10.2. The minimum absolute atomic E-state index is 0.230. The molecule has 0 atom stereocenters. The second-order valence-corrected chi connectivity index (χ2v) is 5.03. The van der Waals surface area contributed by atoms with E-state index in [1.165, 1.54) is 12.1 Å². The standard InChI is InChI=1S/C14H8F6N6O/c15-8-2-1-3-9(11(8)12-23-25-26(24-12)6-10(16)17)27-13-21-4-7(5-22-13)14(18,19)20/h1-5,10H,6H2. The van der Waals surface area contributed by atoms with Crippen LogP contribution in [0.2, 0.25) is 0 Å². The first-order chi connectivity index (χ1) is 12.7. The van der Waals surface area contributed by atoms with Crippen LogP contribution in [-0.4, -0.2) is 36.6 Å². The number of nitrogens with zero attached hydrogens (tertiary/aromatic N) is 6. The summed E-state index contributed by atoms with van der Waals surface area (Å²) < 4.78 is 81.7. The van der Waals surface area contributed by atoms with Gasteiger partial charge in [-0.2, -0.15) is 18.0 Å². The summed E-state index contributed by atoms with van der Waals surface area (Å²) in [6, 6.07) is 3.05. The third-order valence-corrected chi connectivity index (χ3v) is 3.11. The average molecular weight is 390 g/mol. The number of hydrogen-bond acceptors (Lipinski definition) is 6. The summed E-state index contributed by atoms with van der Waals surface area (Å²) >= 11 is 0. The van der Waals surface area contributed by atoms with Gasteiger partial charge in [-0.15, -0.1) is 10.2 Å². The highest BCUT2D eigenvalue weighted by molar-refractivity contribution is 5.64. The number of alkyl halides is 5. The van der Waals surface area contributed by atoms with Gasteiger partial charge in [-0.25, -0.2) is 23.1 Å². The molecule has 0 saturated heterocycles. The monoisotopic (exact) mass is 390 g/mol. The van der Waals surface area contributed by atoms with E-state index in [4.69, 9.17) is 4.74 Å². The van der Waals surface area contributed by atoms with Crippen molar-refractivity contribution in [2.45, 2.75) is 19.1 Å². The largest absolute Gasteiger partial charge is 0.423 e. The van der Waals surface area contributed by atoms with Gasteiger partial charge in [-0.05, 0) is 17.3 Å². The molecule has 0 N–H and O–H groups in total. The maximum atomic E-state index is 14.2. The fourth-order valence-corrected chi connectivity index (χ4v) is 1.96. The Balaban J connectivity index is 1.91. The number of rotatable bonds is 5. The molecule has 0 spiro atoms. The highest BCUT2D eigenvalue weighted by Gasteiger charge is 2.31. The zero-order valence-electron chi connectivity index (χ0n) is 13.0. The third-order valence-electron chi connectivity index (χ3n) is 3.11. The van der Waals surface area contributed by atoms with Gasteiger partial charge in [0.1, 0.15) is 23.7 Å². The summed E-state index contributed by atoms with van der Waals surface area (Å²) in [6.45, 7) is -0.848. The van der Waals surface area contributed by atoms with Crippen LogP contribution < -0.4 is 4.74 Å². The summed E-state index contributed by atoms with van der Waals surface area (Å²) in [4.78, 5) is 7.40. The molecule has 13 heteroatoms. The fourth-order valence-electron chi connectivity index (χ4n) is 1.96. The number of aromatic nitrogens is 6. The Kier molecular flexibility index (Phi) is 4.92. The van der Waals surface area contributed by atoms with Gasteiger partial charge in [0.25, 0.3) is 6.43 Å². The predicted octanol–water partition coefficient (Wildman–Crippen LogP) is 3.35. The van der Waals surface area contributed by atoms with E-state index in [0.29, 0.717) is 17.2 Å². The van der Waals surface area contributed by atoms with Crippen LogP contribution in [0.15, 0.2) is 30.6 Å². The molecule has 3 rings (SSSR count). The summed E-state index contributed by atoms with van der Waals surface area (Å²) in [7, 11) is 0. The number of tetrazole rings is 1. The Morgan fingerprint density at radius 3 is 2.44 bits per heavy atom. The molecule has 1 aromatic carbocycles. The van der Waals surface area contributed by atoms with Crippen molar-refractivity contribution in [3.8, 4) is 23.1 Å². The smallest absolute Gasteiger partial charge is 0.419 e. The predicted molar refractivity (Wildman–Crippen MR) is 76.3 cm³/mol. The van der Waals surface area contributed by atoms with Gasteiger partial charge in [-0.1, -0.05) is 6.07 Å². The summed E-state index contributed by atoms with van der Waals surface area (Å²) in [5, 5.41) is 10.5. The minimum Gasteiger partial charge on any atom is -0.423 e. The van der Waals surface area contributed by atoms with Crippen molar-refractivity contribution in [1.29, 1.82) is 0 Å². The normalized spacial score (nSPS) is 11.8. The molecule has 0 amide bonds. The van der Waals surface area contributed by atoms with Crippen LogP contribution in [0.25, 0.3) is 11.4 Å². The van der Waals surface area contributed by atoms with Crippen molar-refractivity contribution >= 4 is 0 Å². The van der Waals surface area contributed by atoms with Gasteiger partial charge < -0.3 is 4.74 Å². The van der Waals surface area contributed by atoms with E-state index < -0.39 is 36.5 Å². The molecule has 0 aliphatic rings. The van der Waals surface area contributed by atoms with E-state index in [1.54, 1.807) is 0 Å². The molecule has 142 valence electrons. The molecule has 2 heterocycles. The van der Waals surface area contributed by atoms with E-state index in [0.717, 1.165) is 6.07 Å².